The average Bonchev–Trinajstić information content (AvgIpc) is 2.84. The summed E-state index contributed by atoms with van der Waals surface area (Å²) in [4.78, 5) is 4.28. The summed E-state index contributed by atoms with van der Waals surface area (Å²) in [6.45, 7) is 0. The fraction of sp³-hybridized carbons (Fsp3) is 0.800. The molecule has 1 heterocycles. The molecule has 1 aliphatic rings. The molecular formula is C15H24F3N3. The van der Waals surface area contributed by atoms with Crippen molar-refractivity contribution in [2.24, 2.45) is 18.9 Å². The van der Waals surface area contributed by atoms with Crippen molar-refractivity contribution >= 4 is 0 Å². The highest BCUT2D eigenvalue weighted by Gasteiger charge is 2.43. The standard InChI is InChI=1S/C15H24F3N3/c1-19-13(6-7-14-20-8-9-21(14)2)11-4-3-5-12(10-11)15(16,17)18/h8-9,11-13,19H,3-7,10H2,1-2H3. The van der Waals surface area contributed by atoms with E-state index in [0.717, 1.165) is 25.1 Å². The van der Waals surface area contributed by atoms with E-state index in [9.17, 15) is 13.2 Å². The molecule has 0 aliphatic heterocycles. The van der Waals surface area contributed by atoms with E-state index in [1.165, 1.54) is 0 Å². The van der Waals surface area contributed by atoms with Gasteiger partial charge in [-0.2, -0.15) is 13.2 Å². The molecule has 1 saturated carbocycles. The van der Waals surface area contributed by atoms with Crippen LogP contribution in [0, 0.1) is 11.8 Å². The van der Waals surface area contributed by atoms with Gasteiger partial charge in [-0.05, 0) is 38.6 Å². The van der Waals surface area contributed by atoms with E-state index in [2.05, 4.69) is 10.3 Å². The first-order chi connectivity index (χ1) is 9.91. The second-order valence-electron chi connectivity index (χ2n) is 6.05. The predicted octanol–water partition coefficient (Wildman–Crippen LogP) is 3.31. The summed E-state index contributed by atoms with van der Waals surface area (Å²) in [5, 5.41) is 3.22. The van der Waals surface area contributed by atoms with Crippen LogP contribution in [-0.2, 0) is 13.5 Å². The Balaban J connectivity index is 1.92. The van der Waals surface area contributed by atoms with Crippen LogP contribution in [-0.4, -0.2) is 28.8 Å². The van der Waals surface area contributed by atoms with E-state index in [4.69, 9.17) is 0 Å². The quantitative estimate of drug-likeness (QED) is 0.904. The Morgan fingerprint density at radius 3 is 2.76 bits per heavy atom. The molecule has 6 heteroatoms. The number of nitrogens with one attached hydrogen (secondary N) is 1. The van der Waals surface area contributed by atoms with Crippen molar-refractivity contribution in [1.29, 1.82) is 0 Å². The highest BCUT2D eigenvalue weighted by molar-refractivity contribution is 4.93. The summed E-state index contributed by atoms with van der Waals surface area (Å²) in [6, 6.07) is 0.131. The van der Waals surface area contributed by atoms with Crippen molar-refractivity contribution in [2.75, 3.05) is 7.05 Å². The zero-order valence-electron chi connectivity index (χ0n) is 12.7. The molecule has 1 aromatic heterocycles. The van der Waals surface area contributed by atoms with Gasteiger partial charge in [-0.25, -0.2) is 4.98 Å². The Kier molecular flexibility index (Phi) is 5.30. The van der Waals surface area contributed by atoms with E-state index in [0.29, 0.717) is 6.42 Å². The van der Waals surface area contributed by atoms with Crippen molar-refractivity contribution in [2.45, 2.75) is 50.7 Å². The van der Waals surface area contributed by atoms with E-state index < -0.39 is 12.1 Å². The number of aryl methyl sites for hydroxylation is 2. The smallest absolute Gasteiger partial charge is 0.338 e. The molecule has 0 amide bonds. The number of rotatable bonds is 5. The van der Waals surface area contributed by atoms with Gasteiger partial charge in [-0.3, -0.25) is 0 Å². The molecule has 21 heavy (non-hydrogen) atoms. The zero-order valence-corrected chi connectivity index (χ0v) is 12.7. The van der Waals surface area contributed by atoms with Gasteiger partial charge >= 0.3 is 6.18 Å². The summed E-state index contributed by atoms with van der Waals surface area (Å²) in [7, 11) is 3.79. The Bertz CT molecular complexity index is 442. The van der Waals surface area contributed by atoms with Crippen LogP contribution >= 0.6 is 0 Å². The van der Waals surface area contributed by atoms with E-state index in [-0.39, 0.29) is 24.8 Å². The van der Waals surface area contributed by atoms with E-state index in [1.54, 1.807) is 6.20 Å². The number of nitrogens with zero attached hydrogens (tertiary/aromatic N) is 2. The third-order valence-corrected chi connectivity index (χ3v) is 4.72. The first-order valence-electron chi connectivity index (χ1n) is 7.62. The van der Waals surface area contributed by atoms with Gasteiger partial charge < -0.3 is 9.88 Å². The molecule has 3 atom stereocenters. The summed E-state index contributed by atoms with van der Waals surface area (Å²) in [6.07, 6.45) is 3.34. The molecule has 120 valence electrons. The first-order valence-corrected chi connectivity index (χ1v) is 7.62. The molecule has 3 unspecified atom stereocenters. The number of hydrogen-bond acceptors (Lipinski definition) is 2. The van der Waals surface area contributed by atoms with Gasteiger partial charge in [0.2, 0.25) is 0 Å². The Labute approximate surface area is 123 Å². The molecule has 0 bridgehead atoms. The van der Waals surface area contributed by atoms with E-state index >= 15 is 0 Å². The largest absolute Gasteiger partial charge is 0.391 e. The van der Waals surface area contributed by atoms with Crippen LogP contribution < -0.4 is 5.32 Å². The Hall–Kier alpha value is -1.04. The maximum atomic E-state index is 12.9. The molecule has 0 saturated heterocycles. The SMILES string of the molecule is CNC(CCc1nccn1C)C1CCCC(C(F)(F)F)C1. The molecule has 3 nitrogen and oxygen atoms in total. The topological polar surface area (TPSA) is 29.9 Å². The molecule has 0 radical (unpaired) electrons. The van der Waals surface area contributed by atoms with Crippen LogP contribution in [0.1, 0.15) is 37.9 Å². The van der Waals surface area contributed by atoms with Crippen molar-refractivity contribution in [3.05, 3.63) is 18.2 Å². The predicted molar refractivity (Wildman–Crippen MR) is 75.9 cm³/mol. The van der Waals surface area contributed by atoms with Crippen LogP contribution in [0.15, 0.2) is 12.4 Å². The lowest BCUT2D eigenvalue weighted by atomic mass is 9.76. The van der Waals surface area contributed by atoms with Crippen LogP contribution in [0.3, 0.4) is 0 Å². The molecule has 1 aromatic rings. The number of halogens is 3. The summed E-state index contributed by atoms with van der Waals surface area (Å²) < 4.78 is 40.7. The molecule has 2 rings (SSSR count). The summed E-state index contributed by atoms with van der Waals surface area (Å²) in [5.41, 5.74) is 0. The third-order valence-electron chi connectivity index (χ3n) is 4.72. The summed E-state index contributed by atoms with van der Waals surface area (Å²) >= 11 is 0. The molecule has 0 aromatic carbocycles. The minimum absolute atomic E-state index is 0.107. The number of hydrogen-bond donors (Lipinski definition) is 1. The first kappa shape index (κ1) is 16.3. The van der Waals surface area contributed by atoms with Crippen molar-refractivity contribution < 1.29 is 13.2 Å². The van der Waals surface area contributed by atoms with Crippen molar-refractivity contribution in [3.63, 3.8) is 0 Å². The molecule has 1 N–H and O–H groups in total. The van der Waals surface area contributed by atoms with Crippen molar-refractivity contribution in [1.82, 2.24) is 14.9 Å². The maximum absolute atomic E-state index is 12.9. The van der Waals surface area contributed by atoms with Crippen LogP contribution in [0.4, 0.5) is 13.2 Å². The highest BCUT2D eigenvalue weighted by atomic mass is 19.4. The molecular weight excluding hydrogens is 279 g/mol. The molecule has 1 aliphatic carbocycles. The maximum Gasteiger partial charge on any atom is 0.391 e. The Morgan fingerprint density at radius 2 is 2.19 bits per heavy atom. The van der Waals surface area contributed by atoms with E-state index in [1.807, 2.05) is 24.9 Å². The average molecular weight is 303 g/mol. The van der Waals surface area contributed by atoms with Gasteiger partial charge in [0.25, 0.3) is 0 Å². The molecule has 0 spiro atoms. The van der Waals surface area contributed by atoms with Crippen molar-refractivity contribution in [3.8, 4) is 0 Å². The lowest BCUT2D eigenvalue weighted by molar-refractivity contribution is -0.186. The number of imidazole rings is 1. The van der Waals surface area contributed by atoms with Gasteiger partial charge in [-0.15, -0.1) is 0 Å². The third kappa shape index (κ3) is 4.22. The number of alkyl halides is 3. The lowest BCUT2D eigenvalue weighted by Crippen LogP contribution is -2.39. The normalized spacial score (nSPS) is 25.0. The van der Waals surface area contributed by atoms with Gasteiger partial charge in [0.05, 0.1) is 5.92 Å². The van der Waals surface area contributed by atoms with Gasteiger partial charge in [0.15, 0.2) is 0 Å². The van der Waals surface area contributed by atoms with Crippen LogP contribution in [0.2, 0.25) is 0 Å². The molecule has 1 fully saturated rings. The monoisotopic (exact) mass is 303 g/mol. The fourth-order valence-electron chi connectivity index (χ4n) is 3.43. The summed E-state index contributed by atoms with van der Waals surface area (Å²) in [5.74, 6) is -0.0330. The zero-order chi connectivity index (χ0) is 15.5. The minimum Gasteiger partial charge on any atom is -0.338 e. The second kappa shape index (κ2) is 6.81. The number of aromatic nitrogens is 2. The Morgan fingerprint density at radius 1 is 1.43 bits per heavy atom. The van der Waals surface area contributed by atoms with Gasteiger partial charge in [0.1, 0.15) is 5.82 Å². The van der Waals surface area contributed by atoms with Crippen LogP contribution in [0.5, 0.6) is 0 Å². The van der Waals surface area contributed by atoms with Gasteiger partial charge in [0, 0.05) is 31.9 Å². The minimum atomic E-state index is -4.05. The van der Waals surface area contributed by atoms with Crippen LogP contribution in [0.25, 0.3) is 0 Å². The second-order valence-corrected chi connectivity index (χ2v) is 6.05. The fourth-order valence-corrected chi connectivity index (χ4v) is 3.43. The lowest BCUT2D eigenvalue weighted by Gasteiger charge is -2.35. The van der Waals surface area contributed by atoms with Gasteiger partial charge in [-0.1, -0.05) is 6.42 Å². The highest BCUT2D eigenvalue weighted by Crippen LogP contribution is 2.41.